The highest BCUT2D eigenvalue weighted by Gasteiger charge is 2.45. The highest BCUT2D eigenvalue weighted by Crippen LogP contribution is 2.41. The van der Waals surface area contributed by atoms with Crippen LogP contribution in [0.4, 0.5) is 27.6 Å². The molecule has 0 bridgehead atoms. The number of rotatable bonds is 5. The molecule has 1 aromatic heterocycles. The monoisotopic (exact) mass is 429 g/mol. The molecule has 1 atom stereocenters. The van der Waals surface area contributed by atoms with Gasteiger partial charge in [0.15, 0.2) is 5.54 Å². The zero-order chi connectivity index (χ0) is 21.9. The zero-order valence-electron chi connectivity index (χ0n) is 15.3. The van der Waals surface area contributed by atoms with E-state index in [9.17, 15) is 26.7 Å². The van der Waals surface area contributed by atoms with Crippen molar-refractivity contribution in [3.05, 3.63) is 53.4 Å². The zero-order valence-corrected chi connectivity index (χ0v) is 15.3. The number of aliphatic imine (C=N–C) groups is 1. The van der Waals surface area contributed by atoms with Crippen molar-refractivity contribution in [2.75, 3.05) is 11.9 Å². The van der Waals surface area contributed by atoms with Crippen LogP contribution in [0.25, 0.3) is 0 Å². The first kappa shape index (κ1) is 21.4. The van der Waals surface area contributed by atoms with Crippen LogP contribution in [0.3, 0.4) is 0 Å². The molecule has 1 amide bonds. The third-order valence-electron chi connectivity index (χ3n) is 4.44. The van der Waals surface area contributed by atoms with Crippen LogP contribution in [0.1, 0.15) is 41.0 Å². The normalized spacial score (nSPS) is 19.2. The maximum absolute atomic E-state index is 14.5. The highest BCUT2D eigenvalue weighted by molar-refractivity contribution is 6.02. The lowest BCUT2D eigenvalue weighted by Crippen LogP contribution is -2.35. The average Bonchev–Trinajstić information content (AvgIpc) is 2.91. The van der Waals surface area contributed by atoms with Crippen molar-refractivity contribution in [2.45, 2.75) is 31.2 Å². The van der Waals surface area contributed by atoms with Crippen molar-refractivity contribution in [1.29, 1.82) is 0 Å². The molecule has 1 aliphatic heterocycles. The van der Waals surface area contributed by atoms with Gasteiger partial charge in [0.1, 0.15) is 17.2 Å². The Morgan fingerprint density at radius 2 is 1.97 bits per heavy atom. The number of hydrogen-bond donors (Lipinski definition) is 2. The van der Waals surface area contributed by atoms with E-state index in [0.717, 1.165) is 30.6 Å². The van der Waals surface area contributed by atoms with Gasteiger partial charge in [0.2, 0.25) is 0 Å². The quantitative estimate of drug-likeness (QED) is 0.710. The number of carbonyl (C=O) groups is 1. The van der Waals surface area contributed by atoms with Crippen molar-refractivity contribution in [2.24, 2.45) is 10.7 Å². The van der Waals surface area contributed by atoms with E-state index < -0.39 is 47.4 Å². The van der Waals surface area contributed by atoms with Crippen molar-refractivity contribution in [3.63, 3.8) is 0 Å². The Balaban J connectivity index is 1.92. The summed E-state index contributed by atoms with van der Waals surface area (Å²) in [6, 6.07) is 2.58. The largest absolute Gasteiger partial charge is 0.465 e. The minimum Gasteiger partial charge on any atom is -0.465 e. The summed E-state index contributed by atoms with van der Waals surface area (Å²) in [7, 11) is 0. The maximum atomic E-state index is 14.5. The molecule has 160 valence electrons. The first-order valence-corrected chi connectivity index (χ1v) is 8.70. The standard InChI is InChI=1S/C18H16F5N5O2/c19-11-3-2-9(27-15(29)13-8-25-12(7-26-13)14(20)21)6-10(11)18(16(22)23)4-1-5-30-17(24)28-18/h2-3,6-8,14,16H,1,4-5H2,(H2,24,28)(H,27,29)/t18-/m0/s1. The first-order chi connectivity index (χ1) is 14.2. The Morgan fingerprint density at radius 1 is 1.20 bits per heavy atom. The molecule has 2 aromatic rings. The van der Waals surface area contributed by atoms with Crippen molar-refractivity contribution >= 4 is 17.6 Å². The summed E-state index contributed by atoms with van der Waals surface area (Å²) in [6.07, 6.45) is -4.46. The number of halogens is 5. The predicted octanol–water partition coefficient (Wildman–Crippen LogP) is 3.39. The molecule has 7 nitrogen and oxygen atoms in total. The first-order valence-electron chi connectivity index (χ1n) is 8.70. The Morgan fingerprint density at radius 3 is 2.60 bits per heavy atom. The Labute approximate surface area is 167 Å². The second kappa shape index (κ2) is 8.59. The number of hydrogen-bond acceptors (Lipinski definition) is 6. The third kappa shape index (κ3) is 4.31. The summed E-state index contributed by atoms with van der Waals surface area (Å²) in [6.45, 7) is 0.0507. The fourth-order valence-electron chi connectivity index (χ4n) is 2.97. The van der Waals surface area contributed by atoms with E-state index in [4.69, 9.17) is 10.5 Å². The predicted molar refractivity (Wildman–Crippen MR) is 95.8 cm³/mol. The molecule has 0 saturated carbocycles. The van der Waals surface area contributed by atoms with Gasteiger partial charge >= 0.3 is 0 Å². The fourth-order valence-corrected chi connectivity index (χ4v) is 2.97. The summed E-state index contributed by atoms with van der Waals surface area (Å²) in [5.41, 5.74) is 1.80. The lowest BCUT2D eigenvalue weighted by atomic mass is 9.85. The van der Waals surface area contributed by atoms with E-state index in [2.05, 4.69) is 20.3 Å². The van der Waals surface area contributed by atoms with Crippen molar-refractivity contribution in [1.82, 2.24) is 9.97 Å². The molecule has 0 unspecified atom stereocenters. The molecular formula is C18H16F5N5O2. The molecule has 0 spiro atoms. The number of alkyl halides is 4. The molecule has 3 N–H and O–H groups in total. The topological polar surface area (TPSA) is 102 Å². The van der Waals surface area contributed by atoms with E-state index in [1.807, 2.05) is 0 Å². The molecule has 0 fully saturated rings. The Bertz CT molecular complexity index is 954. The van der Waals surface area contributed by atoms with Crippen LogP contribution in [0.5, 0.6) is 0 Å². The van der Waals surface area contributed by atoms with E-state index in [-0.39, 0.29) is 30.8 Å². The van der Waals surface area contributed by atoms with Crippen molar-refractivity contribution < 1.29 is 31.5 Å². The van der Waals surface area contributed by atoms with Crippen LogP contribution in [0.15, 0.2) is 35.6 Å². The molecule has 30 heavy (non-hydrogen) atoms. The fraction of sp³-hybridized carbons (Fsp3) is 0.333. The number of nitrogens with one attached hydrogen (secondary N) is 1. The number of ether oxygens (including phenoxy) is 1. The van der Waals surface area contributed by atoms with Crippen LogP contribution in [0, 0.1) is 5.82 Å². The smallest absolute Gasteiger partial charge is 0.283 e. The van der Waals surface area contributed by atoms with E-state index in [0.29, 0.717) is 0 Å². The van der Waals surface area contributed by atoms with Gasteiger partial charge < -0.3 is 15.8 Å². The molecule has 0 saturated heterocycles. The number of benzene rings is 1. The van der Waals surface area contributed by atoms with Crippen LogP contribution in [-0.4, -0.2) is 34.9 Å². The maximum Gasteiger partial charge on any atom is 0.283 e. The van der Waals surface area contributed by atoms with Gasteiger partial charge in [-0.05, 0) is 31.0 Å². The molecule has 1 aromatic carbocycles. The molecule has 0 aliphatic carbocycles. The lowest BCUT2D eigenvalue weighted by molar-refractivity contribution is 0.0460. The molecule has 2 heterocycles. The molecule has 0 radical (unpaired) electrons. The number of amides is 1. The SMILES string of the molecule is NC1=N[C@@](c2cc(NC(=O)c3cnc(C(F)F)cn3)ccc2F)(C(F)F)CCCO1. The number of anilines is 1. The van der Waals surface area contributed by atoms with E-state index in [1.54, 1.807) is 0 Å². The minimum atomic E-state index is -3.11. The van der Waals surface area contributed by atoms with Crippen LogP contribution >= 0.6 is 0 Å². The van der Waals surface area contributed by atoms with E-state index in [1.165, 1.54) is 0 Å². The summed E-state index contributed by atoms with van der Waals surface area (Å²) in [5, 5.41) is 2.35. The molecule has 12 heteroatoms. The number of nitrogens with zero attached hydrogens (tertiary/aromatic N) is 3. The summed E-state index contributed by atoms with van der Waals surface area (Å²) < 4.78 is 72.6. The Hall–Kier alpha value is -3.31. The number of aromatic nitrogens is 2. The summed E-state index contributed by atoms with van der Waals surface area (Å²) >= 11 is 0. The molecule has 1 aliphatic rings. The van der Waals surface area contributed by atoms with Gasteiger partial charge in [0.25, 0.3) is 24.8 Å². The third-order valence-corrected chi connectivity index (χ3v) is 4.44. The van der Waals surface area contributed by atoms with Gasteiger partial charge in [-0.2, -0.15) is 0 Å². The number of amidine groups is 1. The van der Waals surface area contributed by atoms with Gasteiger partial charge in [-0.25, -0.2) is 31.9 Å². The van der Waals surface area contributed by atoms with Gasteiger partial charge in [0.05, 0.1) is 19.0 Å². The second-order valence-corrected chi connectivity index (χ2v) is 6.40. The van der Waals surface area contributed by atoms with Crippen molar-refractivity contribution in [3.8, 4) is 0 Å². The van der Waals surface area contributed by atoms with Crippen LogP contribution < -0.4 is 11.1 Å². The summed E-state index contributed by atoms with van der Waals surface area (Å²) in [4.78, 5) is 23.0. The second-order valence-electron chi connectivity index (χ2n) is 6.40. The minimum absolute atomic E-state index is 0.0323. The highest BCUT2D eigenvalue weighted by atomic mass is 19.3. The van der Waals surface area contributed by atoms with Crippen LogP contribution in [0.2, 0.25) is 0 Å². The molecular weight excluding hydrogens is 413 g/mol. The van der Waals surface area contributed by atoms with Gasteiger partial charge in [-0.1, -0.05) is 0 Å². The number of nitrogens with two attached hydrogens (primary N) is 1. The van der Waals surface area contributed by atoms with Gasteiger partial charge in [-0.15, -0.1) is 0 Å². The van der Waals surface area contributed by atoms with Gasteiger partial charge in [0, 0.05) is 11.3 Å². The summed E-state index contributed by atoms with van der Waals surface area (Å²) in [5.74, 6) is -1.81. The van der Waals surface area contributed by atoms with E-state index >= 15 is 0 Å². The molecule has 3 rings (SSSR count). The average molecular weight is 429 g/mol. The van der Waals surface area contributed by atoms with Gasteiger partial charge in [-0.3, -0.25) is 9.78 Å². The number of carbonyl (C=O) groups excluding carboxylic acids is 1. The Kier molecular flexibility index (Phi) is 6.13. The van der Waals surface area contributed by atoms with Crippen LogP contribution in [-0.2, 0) is 10.3 Å². The lowest BCUT2D eigenvalue weighted by Gasteiger charge is -2.29.